The molecular weight excluding hydrogens is 258 g/mol. The Balaban J connectivity index is 1.90. The number of hydrogen-bond donors (Lipinski definition) is 2. The summed E-state index contributed by atoms with van der Waals surface area (Å²) in [5.41, 5.74) is 1.25. The number of aliphatic hydroxyl groups is 1. The summed E-state index contributed by atoms with van der Waals surface area (Å²) >= 11 is 1.63. The van der Waals surface area contributed by atoms with Gasteiger partial charge in [-0.1, -0.05) is 13.8 Å². The molecule has 2 rings (SSSR count). The number of methoxy groups -OCH3 is 1. The summed E-state index contributed by atoms with van der Waals surface area (Å²) in [6.45, 7) is 5.09. The average Bonchev–Trinajstić information content (AvgIpc) is 2.93. The molecule has 0 aliphatic heterocycles. The van der Waals surface area contributed by atoms with Gasteiger partial charge in [0, 0.05) is 25.1 Å². The number of rotatable bonds is 7. The van der Waals surface area contributed by atoms with E-state index in [-0.39, 0.29) is 5.41 Å². The third-order valence-electron chi connectivity index (χ3n) is 4.87. The van der Waals surface area contributed by atoms with Gasteiger partial charge in [0.2, 0.25) is 0 Å². The van der Waals surface area contributed by atoms with Crippen molar-refractivity contribution < 1.29 is 9.84 Å². The summed E-state index contributed by atoms with van der Waals surface area (Å²) in [6, 6.07) is 2.45. The molecule has 0 radical (unpaired) electrons. The molecule has 1 saturated carbocycles. The number of ether oxygens (including phenoxy) is 1. The third-order valence-corrected chi connectivity index (χ3v) is 5.57. The first-order chi connectivity index (χ1) is 9.17. The van der Waals surface area contributed by atoms with Crippen molar-refractivity contribution in [2.75, 3.05) is 13.7 Å². The fourth-order valence-corrected chi connectivity index (χ4v) is 4.11. The summed E-state index contributed by atoms with van der Waals surface area (Å²) in [6.07, 6.45) is 3.24. The van der Waals surface area contributed by atoms with Gasteiger partial charge in [-0.05, 0) is 41.7 Å². The third kappa shape index (κ3) is 2.72. The summed E-state index contributed by atoms with van der Waals surface area (Å²) in [7, 11) is 1.81. The topological polar surface area (TPSA) is 41.5 Å². The molecule has 1 aromatic rings. The Morgan fingerprint density at radius 2 is 2.26 bits per heavy atom. The van der Waals surface area contributed by atoms with Gasteiger partial charge in [0.15, 0.2) is 0 Å². The van der Waals surface area contributed by atoms with E-state index in [1.54, 1.807) is 18.4 Å². The molecule has 0 saturated heterocycles. The molecule has 3 unspecified atom stereocenters. The average molecular weight is 283 g/mol. The Labute approximate surface area is 120 Å². The second kappa shape index (κ2) is 6.35. The highest BCUT2D eigenvalue weighted by molar-refractivity contribution is 7.07. The lowest BCUT2D eigenvalue weighted by atomic mass is 9.58. The molecule has 108 valence electrons. The summed E-state index contributed by atoms with van der Waals surface area (Å²) in [5.74, 6) is 0. The van der Waals surface area contributed by atoms with Crippen molar-refractivity contribution in [1.82, 2.24) is 5.32 Å². The molecule has 1 aromatic heterocycles. The number of nitrogens with one attached hydrogen (secondary N) is 1. The first-order valence-corrected chi connectivity index (χ1v) is 8.08. The fraction of sp³-hybridized carbons (Fsp3) is 0.733. The van der Waals surface area contributed by atoms with Gasteiger partial charge in [-0.25, -0.2) is 0 Å². The monoisotopic (exact) mass is 283 g/mol. The van der Waals surface area contributed by atoms with Crippen LogP contribution in [0.3, 0.4) is 0 Å². The van der Waals surface area contributed by atoms with Crippen LogP contribution in [0.5, 0.6) is 0 Å². The number of aliphatic hydroxyl groups excluding tert-OH is 1. The van der Waals surface area contributed by atoms with Crippen molar-refractivity contribution in [1.29, 1.82) is 0 Å². The largest absolute Gasteiger partial charge is 0.387 e. The molecule has 1 fully saturated rings. The van der Waals surface area contributed by atoms with Crippen LogP contribution in [0.1, 0.15) is 44.8 Å². The van der Waals surface area contributed by atoms with Gasteiger partial charge in [0.25, 0.3) is 0 Å². The highest BCUT2D eigenvalue weighted by atomic mass is 32.1. The Bertz CT molecular complexity index is 376. The lowest BCUT2D eigenvalue weighted by molar-refractivity contribution is -0.125. The Morgan fingerprint density at radius 1 is 1.53 bits per heavy atom. The van der Waals surface area contributed by atoms with Crippen molar-refractivity contribution in [3.8, 4) is 0 Å². The molecule has 0 bridgehead atoms. The zero-order valence-electron chi connectivity index (χ0n) is 12.1. The smallest absolute Gasteiger partial charge is 0.0922 e. The lowest BCUT2D eigenvalue weighted by Crippen LogP contribution is -2.63. The zero-order chi connectivity index (χ0) is 13.9. The van der Waals surface area contributed by atoms with Crippen LogP contribution in [-0.4, -0.2) is 30.9 Å². The van der Waals surface area contributed by atoms with E-state index < -0.39 is 6.10 Å². The van der Waals surface area contributed by atoms with E-state index in [9.17, 15) is 5.11 Å². The highest BCUT2D eigenvalue weighted by Gasteiger charge is 2.52. The van der Waals surface area contributed by atoms with Gasteiger partial charge in [0.1, 0.15) is 0 Å². The van der Waals surface area contributed by atoms with Crippen molar-refractivity contribution in [2.24, 2.45) is 5.41 Å². The summed E-state index contributed by atoms with van der Waals surface area (Å²) in [5, 5.41) is 17.7. The van der Waals surface area contributed by atoms with Crippen LogP contribution >= 0.6 is 11.3 Å². The van der Waals surface area contributed by atoms with Crippen molar-refractivity contribution in [2.45, 2.75) is 51.4 Å². The molecule has 3 nitrogen and oxygen atoms in total. The van der Waals surface area contributed by atoms with Crippen LogP contribution in [-0.2, 0) is 4.74 Å². The Morgan fingerprint density at radius 3 is 2.79 bits per heavy atom. The van der Waals surface area contributed by atoms with E-state index in [0.717, 1.165) is 24.8 Å². The van der Waals surface area contributed by atoms with Gasteiger partial charge >= 0.3 is 0 Å². The van der Waals surface area contributed by atoms with E-state index >= 15 is 0 Å². The van der Waals surface area contributed by atoms with Crippen molar-refractivity contribution >= 4 is 11.3 Å². The minimum atomic E-state index is -0.403. The second-order valence-electron chi connectivity index (χ2n) is 5.43. The maximum absolute atomic E-state index is 10.1. The van der Waals surface area contributed by atoms with Crippen LogP contribution in [0.4, 0.5) is 0 Å². The van der Waals surface area contributed by atoms with Gasteiger partial charge in [-0.3, -0.25) is 0 Å². The number of hydrogen-bond acceptors (Lipinski definition) is 4. The van der Waals surface area contributed by atoms with Gasteiger partial charge in [-0.15, -0.1) is 0 Å². The van der Waals surface area contributed by atoms with E-state index in [0.29, 0.717) is 18.7 Å². The van der Waals surface area contributed by atoms with Crippen LogP contribution in [0.15, 0.2) is 16.8 Å². The van der Waals surface area contributed by atoms with Crippen LogP contribution in [0.25, 0.3) is 0 Å². The molecule has 0 spiro atoms. The predicted octanol–water partition coefficient (Wildman–Crippen LogP) is 2.96. The van der Waals surface area contributed by atoms with Gasteiger partial charge in [0.05, 0.1) is 12.2 Å². The van der Waals surface area contributed by atoms with E-state index in [4.69, 9.17) is 4.74 Å². The van der Waals surface area contributed by atoms with E-state index in [1.165, 1.54) is 0 Å². The molecule has 1 aliphatic rings. The van der Waals surface area contributed by atoms with Gasteiger partial charge in [-0.2, -0.15) is 11.3 Å². The van der Waals surface area contributed by atoms with Crippen LogP contribution in [0, 0.1) is 5.41 Å². The highest BCUT2D eigenvalue weighted by Crippen LogP contribution is 2.48. The molecule has 0 aromatic carbocycles. The SMILES string of the molecule is CCC1(CC)C(NCC(O)c2ccsc2)CC1OC. The van der Waals surface area contributed by atoms with E-state index in [2.05, 4.69) is 19.2 Å². The molecule has 0 amide bonds. The minimum absolute atomic E-state index is 0.239. The lowest BCUT2D eigenvalue weighted by Gasteiger charge is -2.55. The summed E-state index contributed by atoms with van der Waals surface area (Å²) in [4.78, 5) is 0. The quantitative estimate of drug-likeness (QED) is 0.808. The molecule has 1 aliphatic carbocycles. The minimum Gasteiger partial charge on any atom is -0.387 e. The Hall–Kier alpha value is -0.420. The molecule has 19 heavy (non-hydrogen) atoms. The van der Waals surface area contributed by atoms with Crippen molar-refractivity contribution in [3.05, 3.63) is 22.4 Å². The first-order valence-electron chi connectivity index (χ1n) is 7.14. The Kier molecular flexibility index (Phi) is 5.01. The second-order valence-corrected chi connectivity index (χ2v) is 6.21. The first kappa shape index (κ1) is 15.0. The fourth-order valence-electron chi connectivity index (χ4n) is 3.40. The number of thiophene rings is 1. The maximum atomic E-state index is 10.1. The van der Waals surface area contributed by atoms with Crippen molar-refractivity contribution in [3.63, 3.8) is 0 Å². The normalized spacial score (nSPS) is 26.9. The molecule has 4 heteroatoms. The van der Waals surface area contributed by atoms with Crippen LogP contribution in [0.2, 0.25) is 0 Å². The molecular formula is C15H25NO2S. The van der Waals surface area contributed by atoms with Crippen LogP contribution < -0.4 is 5.32 Å². The maximum Gasteiger partial charge on any atom is 0.0922 e. The predicted molar refractivity (Wildman–Crippen MR) is 79.5 cm³/mol. The van der Waals surface area contributed by atoms with E-state index in [1.807, 2.05) is 16.8 Å². The van der Waals surface area contributed by atoms with Gasteiger partial charge < -0.3 is 15.2 Å². The zero-order valence-corrected chi connectivity index (χ0v) is 12.9. The standard InChI is InChI=1S/C15H25NO2S/c1-4-15(5-2)13(8-14(15)18-3)16-9-12(17)11-6-7-19-10-11/h6-7,10,12-14,16-17H,4-5,8-9H2,1-3H3. The molecule has 3 atom stereocenters. The molecule has 2 N–H and O–H groups in total. The summed E-state index contributed by atoms with van der Waals surface area (Å²) < 4.78 is 5.59. The molecule has 1 heterocycles.